The largest absolute Gasteiger partial charge is 0.456 e. The SMILES string of the molecule is C1=CC=CC(c2ccc(N=c3c4ccccc4oc4ccccc34)cc2)C=C1. The standard InChI is InChI=1S/C26H19NO/c1-2-4-10-19(9-3-1)20-15-17-21(18-16-20)27-26-22-11-5-7-13-24(22)28-25-14-8-6-12-23(25)26/h1-19H. The molecule has 0 spiro atoms. The fourth-order valence-electron chi connectivity index (χ4n) is 3.57. The number of benzene rings is 3. The molecule has 0 saturated carbocycles. The molecule has 0 radical (unpaired) electrons. The highest BCUT2D eigenvalue weighted by Gasteiger charge is 2.07. The van der Waals surface area contributed by atoms with E-state index in [2.05, 4.69) is 72.9 Å². The minimum absolute atomic E-state index is 0.293. The zero-order valence-corrected chi connectivity index (χ0v) is 15.3. The van der Waals surface area contributed by atoms with Crippen molar-refractivity contribution in [3.63, 3.8) is 0 Å². The van der Waals surface area contributed by atoms with Crippen LogP contribution in [0.1, 0.15) is 11.5 Å². The summed E-state index contributed by atoms with van der Waals surface area (Å²) < 4.78 is 6.05. The van der Waals surface area contributed by atoms with E-state index in [1.54, 1.807) is 0 Å². The Bertz CT molecular complexity index is 1230. The summed E-state index contributed by atoms with van der Waals surface area (Å²) >= 11 is 0. The van der Waals surface area contributed by atoms with Gasteiger partial charge in [-0.2, -0.15) is 0 Å². The summed E-state index contributed by atoms with van der Waals surface area (Å²) in [6.45, 7) is 0. The van der Waals surface area contributed by atoms with Crippen LogP contribution in [0.25, 0.3) is 21.9 Å². The molecule has 0 amide bonds. The summed E-state index contributed by atoms with van der Waals surface area (Å²) in [7, 11) is 0. The Morgan fingerprint density at radius 3 is 1.79 bits per heavy atom. The lowest BCUT2D eigenvalue weighted by Crippen LogP contribution is -2.04. The zero-order chi connectivity index (χ0) is 18.8. The van der Waals surface area contributed by atoms with E-state index < -0.39 is 0 Å². The highest BCUT2D eigenvalue weighted by atomic mass is 16.3. The monoisotopic (exact) mass is 361 g/mol. The summed E-state index contributed by atoms with van der Waals surface area (Å²) in [4.78, 5) is 4.99. The second kappa shape index (κ2) is 7.16. The van der Waals surface area contributed by atoms with Crippen LogP contribution in [0.4, 0.5) is 5.69 Å². The van der Waals surface area contributed by atoms with Gasteiger partial charge in [-0.25, -0.2) is 4.99 Å². The molecule has 0 unspecified atom stereocenters. The number of para-hydroxylation sites is 2. The Morgan fingerprint density at radius 2 is 1.18 bits per heavy atom. The molecule has 4 aromatic rings. The molecule has 28 heavy (non-hydrogen) atoms. The number of nitrogens with zero attached hydrogens (tertiary/aromatic N) is 1. The van der Waals surface area contributed by atoms with E-state index >= 15 is 0 Å². The van der Waals surface area contributed by atoms with Crippen LogP contribution in [0, 0.1) is 0 Å². The Morgan fingerprint density at radius 1 is 0.607 bits per heavy atom. The van der Waals surface area contributed by atoms with Crippen molar-refractivity contribution in [2.75, 3.05) is 0 Å². The molecular weight excluding hydrogens is 342 g/mol. The van der Waals surface area contributed by atoms with Crippen LogP contribution in [0.5, 0.6) is 0 Å². The first kappa shape index (κ1) is 16.5. The highest BCUT2D eigenvalue weighted by molar-refractivity contribution is 5.89. The predicted molar refractivity (Wildman–Crippen MR) is 116 cm³/mol. The zero-order valence-electron chi connectivity index (χ0n) is 15.3. The molecule has 0 fully saturated rings. The molecule has 1 aromatic heterocycles. The van der Waals surface area contributed by atoms with Crippen molar-refractivity contribution in [2.24, 2.45) is 4.99 Å². The molecule has 5 rings (SSSR count). The van der Waals surface area contributed by atoms with E-state index in [1.165, 1.54) is 5.56 Å². The molecule has 3 aromatic carbocycles. The van der Waals surface area contributed by atoms with Crippen molar-refractivity contribution in [3.05, 3.63) is 120 Å². The smallest absolute Gasteiger partial charge is 0.136 e. The van der Waals surface area contributed by atoms with Crippen LogP contribution in [0.3, 0.4) is 0 Å². The van der Waals surface area contributed by atoms with Crippen LogP contribution < -0.4 is 5.36 Å². The molecule has 1 aliphatic carbocycles. The Hall–Kier alpha value is -3.65. The average Bonchev–Trinajstić information content (AvgIpc) is 3.04. The van der Waals surface area contributed by atoms with Gasteiger partial charge in [-0.15, -0.1) is 0 Å². The first-order valence-electron chi connectivity index (χ1n) is 9.45. The van der Waals surface area contributed by atoms with Crippen molar-refractivity contribution in [2.45, 2.75) is 5.92 Å². The summed E-state index contributed by atoms with van der Waals surface area (Å²) in [5, 5.41) is 2.99. The Balaban J connectivity index is 1.65. The van der Waals surface area contributed by atoms with Gasteiger partial charge in [0.05, 0.1) is 11.0 Å². The first-order valence-corrected chi connectivity index (χ1v) is 9.45. The topological polar surface area (TPSA) is 25.5 Å². The van der Waals surface area contributed by atoms with Crippen LogP contribution >= 0.6 is 0 Å². The van der Waals surface area contributed by atoms with Crippen molar-refractivity contribution in [3.8, 4) is 0 Å². The second-order valence-electron chi connectivity index (χ2n) is 6.83. The molecular formula is C26H19NO. The van der Waals surface area contributed by atoms with Gasteiger partial charge in [-0.1, -0.05) is 72.9 Å². The van der Waals surface area contributed by atoms with Gasteiger partial charge in [0.1, 0.15) is 11.2 Å². The molecule has 0 bridgehead atoms. The number of hydrogen-bond acceptors (Lipinski definition) is 2. The molecule has 0 atom stereocenters. The van der Waals surface area contributed by atoms with Crippen LogP contribution in [-0.2, 0) is 0 Å². The van der Waals surface area contributed by atoms with E-state index in [0.717, 1.165) is 33.0 Å². The van der Waals surface area contributed by atoms with Gasteiger partial charge in [-0.3, -0.25) is 0 Å². The maximum atomic E-state index is 6.05. The van der Waals surface area contributed by atoms with E-state index in [1.807, 2.05) is 36.4 Å². The summed E-state index contributed by atoms with van der Waals surface area (Å²) in [6.07, 6.45) is 12.7. The molecule has 0 aliphatic heterocycles. The van der Waals surface area contributed by atoms with Gasteiger partial charge in [0, 0.05) is 16.7 Å². The molecule has 134 valence electrons. The normalized spacial score (nSPS) is 13.9. The molecule has 2 heteroatoms. The van der Waals surface area contributed by atoms with Gasteiger partial charge in [-0.05, 0) is 42.0 Å². The van der Waals surface area contributed by atoms with Crippen LogP contribution in [0.15, 0.2) is 119 Å². The van der Waals surface area contributed by atoms with Crippen molar-refractivity contribution >= 4 is 27.6 Å². The van der Waals surface area contributed by atoms with Crippen molar-refractivity contribution in [1.29, 1.82) is 0 Å². The molecule has 0 N–H and O–H groups in total. The summed E-state index contributed by atoms with van der Waals surface area (Å²) in [5.74, 6) is 0.293. The maximum Gasteiger partial charge on any atom is 0.136 e. The molecule has 1 heterocycles. The molecule has 1 aliphatic rings. The predicted octanol–water partition coefficient (Wildman–Crippen LogP) is 6.58. The van der Waals surface area contributed by atoms with E-state index in [0.29, 0.717) is 5.92 Å². The minimum Gasteiger partial charge on any atom is -0.456 e. The average molecular weight is 361 g/mol. The molecule has 2 nitrogen and oxygen atoms in total. The van der Waals surface area contributed by atoms with Crippen molar-refractivity contribution < 1.29 is 4.42 Å². The van der Waals surface area contributed by atoms with Crippen molar-refractivity contribution in [1.82, 2.24) is 0 Å². The Labute approximate surface area is 163 Å². The van der Waals surface area contributed by atoms with Gasteiger partial charge in [0.2, 0.25) is 0 Å². The third-order valence-electron chi connectivity index (χ3n) is 4.99. The minimum atomic E-state index is 0.293. The lowest BCUT2D eigenvalue weighted by molar-refractivity contribution is 0.659. The lowest BCUT2D eigenvalue weighted by Gasteiger charge is -2.08. The maximum absolute atomic E-state index is 6.05. The summed E-state index contributed by atoms with van der Waals surface area (Å²) in [5.41, 5.74) is 3.88. The van der Waals surface area contributed by atoms with E-state index in [-0.39, 0.29) is 0 Å². The van der Waals surface area contributed by atoms with Crippen LogP contribution in [-0.4, -0.2) is 0 Å². The fraction of sp³-hybridized carbons (Fsp3) is 0.0385. The number of fused-ring (bicyclic) bond motifs is 2. The van der Waals surface area contributed by atoms with Crippen LogP contribution in [0.2, 0.25) is 0 Å². The quantitative estimate of drug-likeness (QED) is 0.370. The Kier molecular flexibility index (Phi) is 4.23. The molecule has 0 saturated heterocycles. The third kappa shape index (κ3) is 3.10. The number of allylic oxidation sites excluding steroid dienone is 6. The fourth-order valence-corrected chi connectivity index (χ4v) is 3.57. The van der Waals surface area contributed by atoms with Gasteiger partial charge in [0.25, 0.3) is 0 Å². The number of hydrogen-bond donors (Lipinski definition) is 0. The number of rotatable bonds is 2. The first-order chi connectivity index (χ1) is 13.9. The lowest BCUT2D eigenvalue weighted by atomic mass is 9.98. The van der Waals surface area contributed by atoms with Gasteiger partial charge in [0.15, 0.2) is 0 Å². The van der Waals surface area contributed by atoms with E-state index in [4.69, 9.17) is 9.41 Å². The third-order valence-corrected chi connectivity index (χ3v) is 4.99. The van der Waals surface area contributed by atoms with E-state index in [9.17, 15) is 0 Å². The highest BCUT2D eigenvalue weighted by Crippen LogP contribution is 2.24. The van der Waals surface area contributed by atoms with Gasteiger partial charge >= 0.3 is 0 Å². The second-order valence-corrected chi connectivity index (χ2v) is 6.83. The van der Waals surface area contributed by atoms with Gasteiger partial charge < -0.3 is 4.42 Å². The summed E-state index contributed by atoms with van der Waals surface area (Å²) in [6, 6.07) is 24.6.